The molecule has 0 aromatic carbocycles. The van der Waals surface area contributed by atoms with Crippen molar-refractivity contribution >= 4 is 11.6 Å². The van der Waals surface area contributed by atoms with Gasteiger partial charge in [0.15, 0.2) is 0 Å². The summed E-state index contributed by atoms with van der Waals surface area (Å²) in [5, 5.41) is 0. The third kappa shape index (κ3) is 1.99. The van der Waals surface area contributed by atoms with E-state index in [1.165, 1.54) is 0 Å². The van der Waals surface area contributed by atoms with Crippen LogP contribution in [0.25, 0.3) is 0 Å². The van der Waals surface area contributed by atoms with Crippen molar-refractivity contribution in [1.29, 1.82) is 0 Å². The molecule has 0 bridgehead atoms. The third-order valence-electron chi connectivity index (χ3n) is 2.98. The van der Waals surface area contributed by atoms with Gasteiger partial charge in [0.2, 0.25) is 0 Å². The molecule has 1 saturated heterocycles. The minimum atomic E-state index is -0.495. The predicted molar refractivity (Wildman–Crippen MR) is 62.2 cm³/mol. The number of nitrogens with two attached hydrogens (primary N) is 2. The van der Waals surface area contributed by atoms with Gasteiger partial charge in [0.05, 0.1) is 0 Å². The Labute approximate surface area is 94.4 Å². The number of aromatic nitrogens is 1. The quantitative estimate of drug-likeness (QED) is 0.757. The summed E-state index contributed by atoms with van der Waals surface area (Å²) in [6.45, 7) is 1.61. The molecule has 16 heavy (non-hydrogen) atoms. The van der Waals surface area contributed by atoms with Gasteiger partial charge in [-0.15, -0.1) is 0 Å². The maximum atomic E-state index is 11.0. The Hall–Kier alpha value is -1.62. The first-order valence-corrected chi connectivity index (χ1v) is 5.45. The average molecular weight is 220 g/mol. The highest BCUT2D eigenvalue weighted by Crippen LogP contribution is 2.24. The van der Waals surface area contributed by atoms with Crippen molar-refractivity contribution in [3.05, 3.63) is 24.0 Å². The Morgan fingerprint density at radius 3 is 3.12 bits per heavy atom. The largest absolute Gasteiger partial charge is 0.367 e. The summed E-state index contributed by atoms with van der Waals surface area (Å²) < 4.78 is 0. The fraction of sp³-hybridized carbons (Fsp3) is 0.455. The van der Waals surface area contributed by atoms with E-state index in [1.54, 1.807) is 12.3 Å². The van der Waals surface area contributed by atoms with E-state index in [1.807, 2.05) is 6.07 Å². The van der Waals surface area contributed by atoms with Gasteiger partial charge >= 0.3 is 0 Å². The molecular weight excluding hydrogens is 204 g/mol. The molecule has 5 nitrogen and oxygen atoms in total. The number of hydrogen-bond donors (Lipinski definition) is 2. The van der Waals surface area contributed by atoms with E-state index in [0.717, 1.165) is 25.1 Å². The lowest BCUT2D eigenvalue weighted by molar-refractivity contribution is 0.0995. The fourth-order valence-corrected chi connectivity index (χ4v) is 2.15. The van der Waals surface area contributed by atoms with Crippen LogP contribution in [0.15, 0.2) is 18.3 Å². The molecule has 0 saturated carbocycles. The Balaban J connectivity index is 2.26. The summed E-state index contributed by atoms with van der Waals surface area (Å²) >= 11 is 0. The number of amides is 1. The lowest BCUT2D eigenvalue weighted by atomic mass is 10.2. The van der Waals surface area contributed by atoms with Crippen LogP contribution in [-0.2, 0) is 0 Å². The minimum Gasteiger partial charge on any atom is -0.367 e. The highest BCUT2D eigenvalue weighted by molar-refractivity contribution is 5.91. The first-order valence-electron chi connectivity index (χ1n) is 5.45. The highest BCUT2D eigenvalue weighted by Gasteiger charge is 2.23. The lowest BCUT2D eigenvalue weighted by Crippen LogP contribution is -2.35. The summed E-state index contributed by atoms with van der Waals surface area (Å²) in [7, 11) is 0. The van der Waals surface area contributed by atoms with E-state index >= 15 is 0 Å². The van der Waals surface area contributed by atoms with Crippen molar-refractivity contribution < 1.29 is 4.79 Å². The molecule has 2 heterocycles. The zero-order valence-corrected chi connectivity index (χ0v) is 9.10. The zero-order chi connectivity index (χ0) is 11.5. The van der Waals surface area contributed by atoms with Crippen LogP contribution in [-0.4, -0.2) is 30.0 Å². The molecule has 0 radical (unpaired) electrons. The van der Waals surface area contributed by atoms with Crippen LogP contribution in [0.3, 0.4) is 0 Å². The molecule has 1 aromatic rings. The van der Waals surface area contributed by atoms with Crippen molar-refractivity contribution in [2.24, 2.45) is 11.5 Å². The standard InChI is InChI=1S/C11H16N4O/c12-7-9-2-1-5-15(9)8-3-4-14-10(6-8)11(13)16/h3-4,6,9H,1-2,5,7,12H2,(H2,13,16). The molecular formula is C11H16N4O. The van der Waals surface area contributed by atoms with E-state index in [0.29, 0.717) is 18.3 Å². The van der Waals surface area contributed by atoms with Gasteiger partial charge in [-0.2, -0.15) is 0 Å². The Bertz CT molecular complexity index is 393. The molecule has 1 unspecified atom stereocenters. The zero-order valence-electron chi connectivity index (χ0n) is 9.10. The van der Waals surface area contributed by atoms with Crippen molar-refractivity contribution in [2.45, 2.75) is 18.9 Å². The smallest absolute Gasteiger partial charge is 0.267 e. The number of primary amides is 1. The van der Waals surface area contributed by atoms with Gasteiger partial charge in [-0.05, 0) is 25.0 Å². The number of hydrogen-bond acceptors (Lipinski definition) is 4. The molecule has 2 rings (SSSR count). The molecule has 4 N–H and O–H groups in total. The number of rotatable bonds is 3. The fourth-order valence-electron chi connectivity index (χ4n) is 2.15. The maximum Gasteiger partial charge on any atom is 0.267 e. The molecule has 1 amide bonds. The van der Waals surface area contributed by atoms with Crippen molar-refractivity contribution in [1.82, 2.24) is 4.98 Å². The van der Waals surface area contributed by atoms with Gasteiger partial charge in [-0.3, -0.25) is 9.78 Å². The molecule has 1 atom stereocenters. The van der Waals surface area contributed by atoms with Gasteiger partial charge < -0.3 is 16.4 Å². The first kappa shape index (κ1) is 10.9. The summed E-state index contributed by atoms with van der Waals surface area (Å²) in [5.74, 6) is -0.495. The van der Waals surface area contributed by atoms with Gasteiger partial charge in [-0.1, -0.05) is 0 Å². The monoisotopic (exact) mass is 220 g/mol. The van der Waals surface area contributed by atoms with Crippen LogP contribution < -0.4 is 16.4 Å². The molecule has 1 aromatic heterocycles. The van der Waals surface area contributed by atoms with Crippen LogP contribution in [0.4, 0.5) is 5.69 Å². The highest BCUT2D eigenvalue weighted by atomic mass is 16.1. The summed E-state index contributed by atoms with van der Waals surface area (Å²) in [6.07, 6.45) is 3.85. The number of carbonyl (C=O) groups is 1. The van der Waals surface area contributed by atoms with E-state index in [9.17, 15) is 4.79 Å². The Morgan fingerprint density at radius 1 is 1.62 bits per heavy atom. The third-order valence-corrected chi connectivity index (χ3v) is 2.98. The summed E-state index contributed by atoms with van der Waals surface area (Å²) in [5.41, 5.74) is 12.2. The molecule has 1 aliphatic heterocycles. The average Bonchev–Trinajstić information content (AvgIpc) is 2.77. The van der Waals surface area contributed by atoms with Gasteiger partial charge in [0.1, 0.15) is 5.69 Å². The molecule has 1 fully saturated rings. The van der Waals surface area contributed by atoms with E-state index in [-0.39, 0.29) is 0 Å². The second kappa shape index (κ2) is 4.49. The van der Waals surface area contributed by atoms with Crippen molar-refractivity contribution in [2.75, 3.05) is 18.0 Å². The molecule has 0 aliphatic carbocycles. The van der Waals surface area contributed by atoms with Crippen LogP contribution in [0.5, 0.6) is 0 Å². The van der Waals surface area contributed by atoms with Crippen molar-refractivity contribution in [3.8, 4) is 0 Å². The van der Waals surface area contributed by atoms with Crippen molar-refractivity contribution in [3.63, 3.8) is 0 Å². The lowest BCUT2D eigenvalue weighted by Gasteiger charge is -2.25. The number of anilines is 1. The molecule has 86 valence electrons. The van der Waals surface area contributed by atoms with E-state index < -0.39 is 5.91 Å². The normalized spacial score (nSPS) is 20.1. The second-order valence-corrected chi connectivity index (χ2v) is 3.99. The Kier molecular flexibility index (Phi) is 3.05. The number of nitrogens with zero attached hydrogens (tertiary/aromatic N) is 2. The topological polar surface area (TPSA) is 85.2 Å². The van der Waals surface area contributed by atoms with Crippen LogP contribution in [0, 0.1) is 0 Å². The summed E-state index contributed by atoms with van der Waals surface area (Å²) in [4.78, 5) is 17.2. The van der Waals surface area contributed by atoms with Crippen LogP contribution in [0.2, 0.25) is 0 Å². The van der Waals surface area contributed by atoms with Crippen LogP contribution in [0.1, 0.15) is 23.3 Å². The summed E-state index contributed by atoms with van der Waals surface area (Å²) in [6, 6.07) is 3.99. The SMILES string of the molecule is NCC1CCCN1c1ccnc(C(N)=O)c1. The van der Waals surface area contributed by atoms with E-state index in [4.69, 9.17) is 11.5 Å². The second-order valence-electron chi connectivity index (χ2n) is 3.99. The maximum absolute atomic E-state index is 11.0. The number of pyridine rings is 1. The molecule has 5 heteroatoms. The first-order chi connectivity index (χ1) is 7.72. The number of carbonyl (C=O) groups excluding carboxylic acids is 1. The van der Waals surface area contributed by atoms with E-state index in [2.05, 4.69) is 9.88 Å². The molecule has 1 aliphatic rings. The predicted octanol–water partition coefficient (Wildman–Crippen LogP) is 0.108. The molecule has 0 spiro atoms. The Morgan fingerprint density at radius 2 is 2.44 bits per heavy atom. The van der Waals surface area contributed by atoms with Gasteiger partial charge in [0.25, 0.3) is 5.91 Å². The van der Waals surface area contributed by atoms with Gasteiger partial charge in [0, 0.05) is 31.0 Å². The van der Waals surface area contributed by atoms with Crippen LogP contribution >= 0.6 is 0 Å². The van der Waals surface area contributed by atoms with Gasteiger partial charge in [-0.25, -0.2) is 0 Å². The minimum absolute atomic E-state index is 0.306.